The number of benzene rings is 1. The molecule has 0 amide bonds. The minimum Gasteiger partial charge on any atom is -0.259 e. The lowest BCUT2D eigenvalue weighted by molar-refractivity contribution is 0.674. The first-order valence-corrected chi connectivity index (χ1v) is 7.30. The Labute approximate surface area is 106 Å². The molecule has 2 rings (SSSR count). The van der Waals surface area contributed by atoms with Crippen LogP contribution in [0.5, 0.6) is 0 Å². The van der Waals surface area contributed by atoms with E-state index in [0.29, 0.717) is 0 Å². The largest absolute Gasteiger partial charge is 0.259 e. The summed E-state index contributed by atoms with van der Waals surface area (Å²) in [6.45, 7) is 4.24. The Morgan fingerprint density at radius 2 is 1.88 bits per heavy atom. The van der Waals surface area contributed by atoms with Gasteiger partial charge in [-0.2, -0.15) is 0 Å². The molecule has 0 radical (unpaired) electrons. The van der Waals surface area contributed by atoms with Gasteiger partial charge in [-0.15, -0.1) is 0 Å². The molecular weight excluding hydrogens is 228 g/mol. The second kappa shape index (κ2) is 5.46. The first-order valence-electron chi connectivity index (χ1n) is 5.92. The first kappa shape index (κ1) is 12.3. The van der Waals surface area contributed by atoms with Gasteiger partial charge in [-0.25, -0.2) is 0 Å². The SMILES string of the molecule is CC1=C(C)C[S@](=O)[C@H](/C=C/c2ccccc2)C1. The maximum atomic E-state index is 12.0. The lowest BCUT2D eigenvalue weighted by Gasteiger charge is -2.21. The average Bonchev–Trinajstić information content (AvgIpc) is 2.33. The Morgan fingerprint density at radius 3 is 2.59 bits per heavy atom. The molecule has 2 heteroatoms. The summed E-state index contributed by atoms with van der Waals surface area (Å²) in [4.78, 5) is 0. The summed E-state index contributed by atoms with van der Waals surface area (Å²) in [5.41, 5.74) is 3.87. The van der Waals surface area contributed by atoms with Crippen molar-refractivity contribution in [2.24, 2.45) is 0 Å². The van der Waals surface area contributed by atoms with Gasteiger partial charge < -0.3 is 0 Å². The summed E-state index contributed by atoms with van der Waals surface area (Å²) in [5, 5.41) is 0.180. The third-order valence-electron chi connectivity index (χ3n) is 3.24. The molecule has 1 aliphatic rings. The Kier molecular flexibility index (Phi) is 3.95. The van der Waals surface area contributed by atoms with Gasteiger partial charge in [-0.05, 0) is 25.8 Å². The van der Waals surface area contributed by atoms with Gasteiger partial charge in [0.25, 0.3) is 0 Å². The summed E-state index contributed by atoms with van der Waals surface area (Å²) in [6, 6.07) is 10.2. The van der Waals surface area contributed by atoms with Crippen molar-refractivity contribution in [3.05, 3.63) is 53.1 Å². The molecule has 0 saturated carbocycles. The van der Waals surface area contributed by atoms with Crippen LogP contribution < -0.4 is 0 Å². The second-order valence-corrected chi connectivity index (χ2v) is 6.25. The lowest BCUT2D eigenvalue weighted by atomic mass is 10.1. The van der Waals surface area contributed by atoms with Crippen LogP contribution in [0.25, 0.3) is 6.08 Å². The predicted octanol–water partition coefficient (Wildman–Crippen LogP) is 3.56. The Hall–Kier alpha value is -1.15. The normalized spacial score (nSPS) is 25.5. The van der Waals surface area contributed by atoms with E-state index in [-0.39, 0.29) is 5.25 Å². The molecule has 0 aliphatic carbocycles. The van der Waals surface area contributed by atoms with E-state index in [1.807, 2.05) is 18.2 Å². The molecule has 0 aromatic heterocycles. The molecule has 0 spiro atoms. The third kappa shape index (κ3) is 3.16. The topological polar surface area (TPSA) is 17.1 Å². The van der Waals surface area contributed by atoms with Crippen molar-refractivity contribution in [2.75, 3.05) is 5.75 Å². The molecule has 0 N–H and O–H groups in total. The molecule has 17 heavy (non-hydrogen) atoms. The van der Waals surface area contributed by atoms with Crippen molar-refractivity contribution in [1.29, 1.82) is 0 Å². The van der Waals surface area contributed by atoms with Crippen LogP contribution in [0, 0.1) is 0 Å². The second-order valence-electron chi connectivity index (χ2n) is 4.60. The van der Waals surface area contributed by atoms with Gasteiger partial charge in [0.2, 0.25) is 0 Å². The van der Waals surface area contributed by atoms with E-state index < -0.39 is 10.8 Å². The van der Waals surface area contributed by atoms with Gasteiger partial charge in [0.1, 0.15) is 0 Å². The molecule has 2 atom stereocenters. The van der Waals surface area contributed by atoms with Crippen LogP contribution in [0.3, 0.4) is 0 Å². The average molecular weight is 246 g/mol. The van der Waals surface area contributed by atoms with Gasteiger partial charge in [0, 0.05) is 16.6 Å². The van der Waals surface area contributed by atoms with E-state index in [4.69, 9.17) is 0 Å². The van der Waals surface area contributed by atoms with Crippen molar-refractivity contribution in [1.82, 2.24) is 0 Å². The zero-order valence-corrected chi connectivity index (χ0v) is 11.2. The zero-order valence-electron chi connectivity index (χ0n) is 10.3. The molecule has 0 saturated heterocycles. The van der Waals surface area contributed by atoms with Gasteiger partial charge in [-0.3, -0.25) is 4.21 Å². The van der Waals surface area contributed by atoms with Crippen LogP contribution in [0.2, 0.25) is 0 Å². The lowest BCUT2D eigenvalue weighted by Crippen LogP contribution is -2.21. The van der Waals surface area contributed by atoms with Crippen molar-refractivity contribution in [3.8, 4) is 0 Å². The summed E-state index contributed by atoms with van der Waals surface area (Å²) in [5.74, 6) is 0.732. The van der Waals surface area contributed by atoms with E-state index in [9.17, 15) is 4.21 Å². The molecule has 90 valence electrons. The molecular formula is C15H18OS. The van der Waals surface area contributed by atoms with Crippen LogP contribution in [0.1, 0.15) is 25.8 Å². The van der Waals surface area contributed by atoms with Crippen molar-refractivity contribution >= 4 is 16.9 Å². The summed E-state index contributed by atoms with van der Waals surface area (Å²) in [7, 11) is -0.747. The minimum atomic E-state index is -0.747. The van der Waals surface area contributed by atoms with E-state index in [1.54, 1.807) is 0 Å². The van der Waals surface area contributed by atoms with E-state index >= 15 is 0 Å². The molecule has 0 fully saturated rings. The molecule has 1 nitrogen and oxygen atoms in total. The smallest absolute Gasteiger partial charge is 0.0571 e. The number of hydrogen-bond acceptors (Lipinski definition) is 1. The van der Waals surface area contributed by atoms with E-state index in [1.165, 1.54) is 16.7 Å². The van der Waals surface area contributed by atoms with Crippen LogP contribution in [-0.4, -0.2) is 15.2 Å². The van der Waals surface area contributed by atoms with Crippen molar-refractivity contribution in [3.63, 3.8) is 0 Å². The van der Waals surface area contributed by atoms with Gasteiger partial charge in [0.15, 0.2) is 0 Å². The predicted molar refractivity (Wildman–Crippen MR) is 75.3 cm³/mol. The van der Waals surface area contributed by atoms with E-state index in [0.717, 1.165) is 12.2 Å². The maximum Gasteiger partial charge on any atom is 0.0571 e. The molecule has 1 heterocycles. The molecule has 1 aliphatic heterocycles. The highest BCUT2D eigenvalue weighted by atomic mass is 32.2. The Balaban J connectivity index is 2.10. The summed E-state index contributed by atoms with van der Waals surface area (Å²) < 4.78 is 12.0. The highest BCUT2D eigenvalue weighted by molar-refractivity contribution is 7.86. The number of rotatable bonds is 2. The van der Waals surface area contributed by atoms with Gasteiger partial charge in [0.05, 0.1) is 5.25 Å². The highest BCUT2D eigenvalue weighted by Gasteiger charge is 2.20. The summed E-state index contributed by atoms with van der Waals surface area (Å²) >= 11 is 0. The quantitative estimate of drug-likeness (QED) is 0.729. The first-order chi connectivity index (χ1) is 8.16. The highest BCUT2D eigenvalue weighted by Crippen LogP contribution is 2.23. The molecule has 1 aromatic rings. The fraction of sp³-hybridized carbons (Fsp3) is 0.333. The monoisotopic (exact) mass is 246 g/mol. The van der Waals surface area contributed by atoms with Crippen LogP contribution in [0.4, 0.5) is 0 Å². The Bertz CT molecular complexity index is 471. The number of allylic oxidation sites excluding steroid dienone is 1. The van der Waals surface area contributed by atoms with Crippen molar-refractivity contribution in [2.45, 2.75) is 25.5 Å². The van der Waals surface area contributed by atoms with Gasteiger partial charge >= 0.3 is 0 Å². The maximum absolute atomic E-state index is 12.0. The van der Waals surface area contributed by atoms with Gasteiger partial charge in [-0.1, -0.05) is 53.6 Å². The minimum absolute atomic E-state index is 0.180. The van der Waals surface area contributed by atoms with Crippen LogP contribution >= 0.6 is 0 Å². The zero-order chi connectivity index (χ0) is 12.3. The Morgan fingerprint density at radius 1 is 1.18 bits per heavy atom. The molecule has 0 unspecified atom stereocenters. The standard InChI is InChI=1S/C15H18OS/c1-12-10-15(17(16)11-13(12)2)9-8-14-6-4-3-5-7-14/h3-9,15H,10-11H2,1-2H3/b9-8+/t15-,17+/m1/s1. The van der Waals surface area contributed by atoms with Crippen molar-refractivity contribution < 1.29 is 4.21 Å². The fourth-order valence-electron chi connectivity index (χ4n) is 1.95. The van der Waals surface area contributed by atoms with E-state index in [2.05, 4.69) is 38.1 Å². The van der Waals surface area contributed by atoms with Crippen LogP contribution in [0.15, 0.2) is 47.6 Å². The fourth-order valence-corrected chi connectivity index (χ4v) is 3.53. The summed E-state index contributed by atoms with van der Waals surface area (Å²) in [6.07, 6.45) is 5.11. The number of hydrogen-bond donors (Lipinski definition) is 0. The van der Waals surface area contributed by atoms with Crippen LogP contribution in [-0.2, 0) is 10.8 Å². The third-order valence-corrected chi connectivity index (χ3v) is 4.95. The molecule has 0 bridgehead atoms. The molecule has 1 aromatic carbocycles.